The summed E-state index contributed by atoms with van der Waals surface area (Å²) in [5.41, 5.74) is 2.57. The van der Waals surface area contributed by atoms with Crippen LogP contribution < -0.4 is 0 Å². The van der Waals surface area contributed by atoms with Crippen molar-refractivity contribution in [3.05, 3.63) is 11.6 Å². The molecule has 0 radical (unpaired) electrons. The zero-order valence-electron chi connectivity index (χ0n) is 27.2. The first-order valence-corrected chi connectivity index (χ1v) is 17.0. The van der Waals surface area contributed by atoms with Crippen LogP contribution >= 0.6 is 0 Å². The SMILES string of the molecule is CC.CC(=O)OC1CCC2(C)C(=CCC3C2CCC2(C)C(CCCCC(C)C)CCC32)C1.CCCCCC. The number of esters is 1. The van der Waals surface area contributed by atoms with E-state index in [1.54, 1.807) is 12.5 Å². The summed E-state index contributed by atoms with van der Waals surface area (Å²) in [5.74, 6) is 4.39. The van der Waals surface area contributed by atoms with Gasteiger partial charge in [-0.05, 0) is 91.8 Å². The minimum absolute atomic E-state index is 0.114. The number of carbonyl (C=O) groups excluding carboxylic acids is 1. The zero-order valence-corrected chi connectivity index (χ0v) is 27.2. The third-order valence-corrected chi connectivity index (χ3v) is 11.1. The normalized spacial score (nSPS) is 35.4. The Morgan fingerprint density at radius 3 is 2.24 bits per heavy atom. The van der Waals surface area contributed by atoms with Gasteiger partial charge >= 0.3 is 5.97 Å². The molecule has 222 valence electrons. The Balaban J connectivity index is 0.000000560. The van der Waals surface area contributed by atoms with Crippen LogP contribution in [0.25, 0.3) is 0 Å². The Labute approximate surface area is 238 Å². The van der Waals surface area contributed by atoms with Crippen LogP contribution in [0.15, 0.2) is 11.6 Å². The summed E-state index contributed by atoms with van der Waals surface area (Å²) in [6.07, 6.45) is 24.3. The minimum atomic E-state index is -0.114. The van der Waals surface area contributed by atoms with E-state index in [1.165, 1.54) is 89.9 Å². The van der Waals surface area contributed by atoms with Crippen molar-refractivity contribution in [2.24, 2.45) is 40.4 Å². The number of carbonyl (C=O) groups is 1. The fourth-order valence-electron chi connectivity index (χ4n) is 8.99. The van der Waals surface area contributed by atoms with Gasteiger partial charge in [0.1, 0.15) is 6.10 Å². The molecule has 0 saturated heterocycles. The highest BCUT2D eigenvalue weighted by molar-refractivity contribution is 5.66. The maximum absolute atomic E-state index is 11.5. The molecule has 3 saturated carbocycles. The maximum atomic E-state index is 11.5. The summed E-state index contributed by atoms with van der Waals surface area (Å²) in [4.78, 5) is 11.5. The predicted octanol–water partition coefficient (Wildman–Crippen LogP) is 11.3. The van der Waals surface area contributed by atoms with Gasteiger partial charge < -0.3 is 4.74 Å². The molecule has 0 aliphatic heterocycles. The van der Waals surface area contributed by atoms with Crippen molar-refractivity contribution < 1.29 is 9.53 Å². The molecule has 7 atom stereocenters. The lowest BCUT2D eigenvalue weighted by Gasteiger charge is -2.58. The molecule has 4 rings (SSSR count). The van der Waals surface area contributed by atoms with Gasteiger partial charge in [-0.25, -0.2) is 0 Å². The molecule has 2 nitrogen and oxygen atoms in total. The molecule has 0 aromatic rings. The second-order valence-corrected chi connectivity index (χ2v) is 13.9. The first-order valence-electron chi connectivity index (χ1n) is 17.0. The highest BCUT2D eigenvalue weighted by Gasteiger charge is 2.58. The molecule has 0 amide bonds. The van der Waals surface area contributed by atoms with E-state index in [1.807, 2.05) is 13.8 Å². The Kier molecular flexibility index (Phi) is 13.9. The largest absolute Gasteiger partial charge is 0.462 e. The molecule has 0 spiro atoms. The first-order chi connectivity index (χ1) is 18.2. The van der Waals surface area contributed by atoms with E-state index >= 15 is 0 Å². The van der Waals surface area contributed by atoms with Crippen LogP contribution in [-0.4, -0.2) is 12.1 Å². The Hall–Kier alpha value is -0.790. The van der Waals surface area contributed by atoms with E-state index in [9.17, 15) is 4.79 Å². The van der Waals surface area contributed by atoms with Crippen molar-refractivity contribution in [2.45, 2.75) is 171 Å². The van der Waals surface area contributed by atoms with Gasteiger partial charge in [-0.3, -0.25) is 4.79 Å². The number of allylic oxidation sites excluding steroid dienone is 1. The fourth-order valence-corrected chi connectivity index (χ4v) is 8.99. The smallest absolute Gasteiger partial charge is 0.302 e. The second kappa shape index (κ2) is 15.9. The van der Waals surface area contributed by atoms with Crippen LogP contribution in [-0.2, 0) is 9.53 Å². The van der Waals surface area contributed by atoms with E-state index in [0.29, 0.717) is 10.8 Å². The van der Waals surface area contributed by atoms with E-state index in [0.717, 1.165) is 42.4 Å². The highest BCUT2D eigenvalue weighted by atomic mass is 16.5. The van der Waals surface area contributed by atoms with Crippen molar-refractivity contribution in [3.63, 3.8) is 0 Å². The predicted molar refractivity (Wildman–Crippen MR) is 165 cm³/mol. The number of fused-ring (bicyclic) bond motifs is 5. The molecule has 0 bridgehead atoms. The molecule has 3 fully saturated rings. The van der Waals surface area contributed by atoms with E-state index in [2.05, 4.69) is 47.6 Å². The molecular weight excluding hydrogens is 464 g/mol. The Bertz CT molecular complexity index is 719. The lowest BCUT2D eigenvalue weighted by atomic mass is 9.47. The van der Waals surface area contributed by atoms with Gasteiger partial charge in [0.2, 0.25) is 0 Å². The Morgan fingerprint density at radius 1 is 0.947 bits per heavy atom. The summed E-state index contributed by atoms with van der Waals surface area (Å²) in [6.45, 7) is 20.0. The van der Waals surface area contributed by atoms with E-state index < -0.39 is 0 Å². The third kappa shape index (κ3) is 8.13. The standard InChI is InChI=1S/C28H46O2.C6H14.C2H6/c1-19(2)8-6-7-9-21-11-13-25-24-12-10-22-18-23(30-20(3)29)14-16-28(22,5)26(24)15-17-27(21,25)4;1-3-5-6-4-2;1-2/h10,19,21,23-26H,6-9,11-18H2,1-5H3;3-6H2,1-2H3;1-2H3. The van der Waals surface area contributed by atoms with Gasteiger partial charge in [0, 0.05) is 13.3 Å². The van der Waals surface area contributed by atoms with Gasteiger partial charge in [0.05, 0.1) is 0 Å². The van der Waals surface area contributed by atoms with Gasteiger partial charge in [0.25, 0.3) is 0 Å². The van der Waals surface area contributed by atoms with E-state index in [4.69, 9.17) is 4.74 Å². The van der Waals surface area contributed by atoms with Crippen LogP contribution in [0.2, 0.25) is 0 Å². The first kappa shape index (κ1) is 33.4. The monoisotopic (exact) mass is 531 g/mol. The number of hydrogen-bond donors (Lipinski definition) is 0. The quantitative estimate of drug-likeness (QED) is 0.168. The third-order valence-electron chi connectivity index (χ3n) is 11.1. The summed E-state index contributed by atoms with van der Waals surface area (Å²) in [5, 5.41) is 0. The lowest BCUT2D eigenvalue weighted by molar-refractivity contribution is -0.148. The van der Waals surface area contributed by atoms with E-state index in [-0.39, 0.29) is 12.1 Å². The molecule has 7 unspecified atom stereocenters. The van der Waals surface area contributed by atoms with Gasteiger partial charge in [0.15, 0.2) is 0 Å². The van der Waals surface area contributed by atoms with Crippen LogP contribution in [0.5, 0.6) is 0 Å². The number of hydrogen-bond acceptors (Lipinski definition) is 2. The summed E-state index contributed by atoms with van der Waals surface area (Å²) >= 11 is 0. The van der Waals surface area contributed by atoms with Gasteiger partial charge in [-0.15, -0.1) is 0 Å². The lowest BCUT2D eigenvalue weighted by Crippen LogP contribution is -2.50. The summed E-state index contributed by atoms with van der Waals surface area (Å²) in [7, 11) is 0. The molecule has 38 heavy (non-hydrogen) atoms. The molecule has 0 N–H and O–H groups in total. The van der Waals surface area contributed by atoms with Crippen molar-refractivity contribution in [1.29, 1.82) is 0 Å². The average molecular weight is 531 g/mol. The van der Waals surface area contributed by atoms with Crippen LogP contribution in [0, 0.1) is 40.4 Å². The highest BCUT2D eigenvalue weighted by Crippen LogP contribution is 2.66. The van der Waals surface area contributed by atoms with Crippen molar-refractivity contribution in [1.82, 2.24) is 0 Å². The summed E-state index contributed by atoms with van der Waals surface area (Å²) < 4.78 is 5.60. The maximum Gasteiger partial charge on any atom is 0.302 e. The molecule has 4 aliphatic rings. The van der Waals surface area contributed by atoms with Crippen LogP contribution in [0.1, 0.15) is 165 Å². The zero-order chi connectivity index (χ0) is 28.3. The van der Waals surface area contributed by atoms with Crippen molar-refractivity contribution in [3.8, 4) is 0 Å². The number of rotatable bonds is 9. The molecule has 2 heteroatoms. The molecule has 0 aromatic heterocycles. The van der Waals surface area contributed by atoms with Gasteiger partial charge in [-0.2, -0.15) is 0 Å². The molecular formula is C36H66O2. The summed E-state index contributed by atoms with van der Waals surface area (Å²) in [6, 6.07) is 0. The fraction of sp³-hybridized carbons (Fsp3) is 0.917. The van der Waals surface area contributed by atoms with Crippen molar-refractivity contribution >= 4 is 5.97 Å². The molecule has 0 heterocycles. The minimum Gasteiger partial charge on any atom is -0.462 e. The Morgan fingerprint density at radius 2 is 1.63 bits per heavy atom. The number of unbranched alkanes of at least 4 members (excludes halogenated alkanes) is 4. The average Bonchev–Trinajstić information content (AvgIpc) is 3.23. The topological polar surface area (TPSA) is 26.3 Å². The van der Waals surface area contributed by atoms with Crippen molar-refractivity contribution in [2.75, 3.05) is 0 Å². The molecule has 4 aliphatic carbocycles. The molecule has 0 aromatic carbocycles. The van der Waals surface area contributed by atoms with Crippen LogP contribution in [0.3, 0.4) is 0 Å². The second-order valence-electron chi connectivity index (χ2n) is 13.9. The van der Waals surface area contributed by atoms with Gasteiger partial charge in [-0.1, -0.05) is 112 Å². The number of ether oxygens (including phenoxy) is 1. The van der Waals surface area contributed by atoms with Crippen LogP contribution in [0.4, 0.5) is 0 Å².